The number of aliphatic hydroxyl groups is 1. The van der Waals surface area contributed by atoms with E-state index in [1.165, 1.54) is 4.90 Å². The summed E-state index contributed by atoms with van der Waals surface area (Å²) in [7, 11) is 0. The number of carbonyl (C=O) groups is 1. The smallest absolute Gasteiger partial charge is 0.322 e. The fraction of sp³-hybridized carbons (Fsp3) is 0.417. The van der Waals surface area contributed by atoms with Crippen molar-refractivity contribution in [3.05, 3.63) is 28.2 Å². The fourth-order valence-electron chi connectivity index (χ4n) is 1.86. The topological polar surface area (TPSA) is 52.6 Å². The first-order valence-electron chi connectivity index (χ1n) is 5.66. The normalized spacial score (nSPS) is 17.2. The second-order valence-corrected chi connectivity index (χ2v) is 5.40. The van der Waals surface area contributed by atoms with Crippen molar-refractivity contribution in [1.82, 2.24) is 4.90 Å². The Hall–Kier alpha value is -0.970. The number of hydrogen-bond donors (Lipinski definition) is 2. The minimum Gasteiger partial charge on any atom is -0.386 e. The maximum atomic E-state index is 11.8. The van der Waals surface area contributed by atoms with Crippen molar-refractivity contribution in [3.8, 4) is 0 Å². The predicted octanol–water partition coefficient (Wildman–Crippen LogP) is 2.98. The summed E-state index contributed by atoms with van der Waals surface area (Å²) < 4.78 is 0. The van der Waals surface area contributed by atoms with E-state index in [-0.39, 0.29) is 6.03 Å². The molecule has 0 bridgehead atoms. The number of urea groups is 1. The molecule has 18 heavy (non-hydrogen) atoms. The van der Waals surface area contributed by atoms with Crippen LogP contribution in [0.2, 0.25) is 10.0 Å². The Morgan fingerprint density at radius 1 is 1.39 bits per heavy atom. The molecule has 6 heteroatoms. The van der Waals surface area contributed by atoms with E-state index in [4.69, 9.17) is 23.2 Å². The largest absolute Gasteiger partial charge is 0.386 e. The quantitative estimate of drug-likeness (QED) is 0.879. The van der Waals surface area contributed by atoms with Crippen molar-refractivity contribution in [3.63, 3.8) is 0 Å². The van der Waals surface area contributed by atoms with Gasteiger partial charge >= 0.3 is 6.03 Å². The Morgan fingerprint density at radius 2 is 1.94 bits per heavy atom. The molecule has 4 nitrogen and oxygen atoms in total. The van der Waals surface area contributed by atoms with Gasteiger partial charge < -0.3 is 15.3 Å². The van der Waals surface area contributed by atoms with Crippen LogP contribution < -0.4 is 5.32 Å². The molecule has 0 aliphatic carbocycles. The third-order valence-electron chi connectivity index (χ3n) is 3.03. The number of carbonyl (C=O) groups excluding carboxylic acids is 1. The average Bonchev–Trinajstić information content (AvgIpc) is 2.23. The highest BCUT2D eigenvalue weighted by Crippen LogP contribution is 2.26. The molecule has 2 amide bonds. The van der Waals surface area contributed by atoms with E-state index in [2.05, 4.69) is 5.32 Å². The summed E-state index contributed by atoms with van der Waals surface area (Å²) in [6.07, 6.45) is 0.639. The van der Waals surface area contributed by atoms with Crippen molar-refractivity contribution < 1.29 is 9.90 Å². The molecule has 1 heterocycles. The highest BCUT2D eigenvalue weighted by Gasteiger charge is 2.42. The average molecular weight is 289 g/mol. The maximum Gasteiger partial charge on any atom is 0.322 e. The summed E-state index contributed by atoms with van der Waals surface area (Å²) >= 11 is 11.7. The van der Waals surface area contributed by atoms with E-state index < -0.39 is 5.60 Å². The van der Waals surface area contributed by atoms with Crippen LogP contribution in [0.3, 0.4) is 0 Å². The van der Waals surface area contributed by atoms with Crippen molar-refractivity contribution in [1.29, 1.82) is 0 Å². The van der Waals surface area contributed by atoms with E-state index in [1.807, 2.05) is 6.92 Å². The number of hydrogen-bond acceptors (Lipinski definition) is 2. The molecule has 0 spiro atoms. The zero-order chi connectivity index (χ0) is 13.3. The second-order valence-electron chi connectivity index (χ2n) is 4.52. The third kappa shape index (κ3) is 2.88. The van der Waals surface area contributed by atoms with Gasteiger partial charge in [-0.1, -0.05) is 30.1 Å². The number of anilines is 1. The van der Waals surface area contributed by atoms with Gasteiger partial charge in [0.15, 0.2) is 0 Å². The lowest BCUT2D eigenvalue weighted by Crippen LogP contribution is -2.63. The lowest BCUT2D eigenvalue weighted by molar-refractivity contribution is -0.0755. The van der Waals surface area contributed by atoms with Crippen molar-refractivity contribution in [2.75, 3.05) is 18.4 Å². The van der Waals surface area contributed by atoms with E-state index in [1.54, 1.807) is 18.2 Å². The van der Waals surface area contributed by atoms with Crippen molar-refractivity contribution in [2.45, 2.75) is 18.9 Å². The van der Waals surface area contributed by atoms with Crippen LogP contribution >= 0.6 is 23.2 Å². The summed E-state index contributed by atoms with van der Waals surface area (Å²) in [4.78, 5) is 13.4. The van der Waals surface area contributed by atoms with Crippen LogP contribution in [0.4, 0.5) is 10.5 Å². The summed E-state index contributed by atoms with van der Waals surface area (Å²) in [6, 6.07) is 4.58. The Kier molecular flexibility index (Phi) is 3.71. The fourth-order valence-corrected chi connectivity index (χ4v) is 2.39. The van der Waals surface area contributed by atoms with Gasteiger partial charge in [0.05, 0.1) is 18.7 Å². The summed E-state index contributed by atoms with van der Waals surface area (Å²) in [5.41, 5.74) is -0.187. The van der Waals surface area contributed by atoms with Crippen LogP contribution in [0.1, 0.15) is 13.3 Å². The number of nitrogens with one attached hydrogen (secondary N) is 1. The van der Waals surface area contributed by atoms with Crippen LogP contribution in [-0.2, 0) is 0 Å². The Labute approximate surface area is 115 Å². The molecule has 1 aromatic rings. The van der Waals surface area contributed by atoms with Crippen LogP contribution in [0.5, 0.6) is 0 Å². The van der Waals surface area contributed by atoms with Crippen molar-refractivity contribution >= 4 is 34.9 Å². The zero-order valence-electron chi connectivity index (χ0n) is 9.91. The van der Waals surface area contributed by atoms with Gasteiger partial charge in [0.1, 0.15) is 0 Å². The van der Waals surface area contributed by atoms with Gasteiger partial charge in [-0.15, -0.1) is 0 Å². The van der Waals surface area contributed by atoms with E-state index in [9.17, 15) is 9.90 Å². The molecule has 0 unspecified atom stereocenters. The highest BCUT2D eigenvalue weighted by atomic mass is 35.5. The number of nitrogens with zero attached hydrogens (tertiary/aromatic N) is 1. The molecular formula is C12H14Cl2N2O2. The molecule has 1 aliphatic heterocycles. The summed E-state index contributed by atoms with van der Waals surface area (Å²) in [5, 5.41) is 13.5. The first-order valence-corrected chi connectivity index (χ1v) is 6.42. The van der Waals surface area contributed by atoms with E-state index in [0.717, 1.165) is 0 Å². The zero-order valence-corrected chi connectivity index (χ0v) is 11.4. The molecule has 0 radical (unpaired) electrons. The Morgan fingerprint density at radius 3 is 2.44 bits per heavy atom. The lowest BCUT2D eigenvalue weighted by Gasteiger charge is -2.45. The number of β-amino-alcohol motifs (C(OH)–C–C–N with tert-alkyl or cyclic N) is 1. The van der Waals surface area contributed by atoms with Crippen LogP contribution in [0.25, 0.3) is 0 Å². The van der Waals surface area contributed by atoms with Gasteiger partial charge in [-0.05, 0) is 24.6 Å². The molecular weight excluding hydrogens is 275 g/mol. The van der Waals surface area contributed by atoms with Gasteiger partial charge in [0.2, 0.25) is 0 Å². The monoisotopic (exact) mass is 288 g/mol. The SMILES string of the molecule is CCC1(O)CN(C(=O)Nc2cc(Cl)cc(Cl)c2)C1. The molecule has 2 N–H and O–H groups in total. The van der Waals surface area contributed by atoms with Gasteiger partial charge in [0, 0.05) is 15.7 Å². The van der Waals surface area contributed by atoms with Crippen LogP contribution in [0.15, 0.2) is 18.2 Å². The number of halogens is 2. The molecule has 1 aliphatic rings. The molecule has 0 atom stereocenters. The molecule has 98 valence electrons. The number of benzene rings is 1. The molecule has 0 aromatic heterocycles. The minimum absolute atomic E-state index is 0.258. The van der Waals surface area contributed by atoms with Gasteiger partial charge in [-0.25, -0.2) is 4.79 Å². The van der Waals surface area contributed by atoms with Crippen molar-refractivity contribution in [2.24, 2.45) is 0 Å². The first kappa shape index (κ1) is 13.5. The molecule has 1 aromatic carbocycles. The van der Waals surface area contributed by atoms with E-state index in [0.29, 0.717) is 35.2 Å². The third-order valence-corrected chi connectivity index (χ3v) is 3.47. The molecule has 2 rings (SSSR count). The standard InChI is InChI=1S/C12H14Cl2N2O2/c1-2-12(18)6-16(7-12)11(17)15-10-4-8(13)3-9(14)5-10/h3-5,18H,2,6-7H2,1H3,(H,15,17). The second kappa shape index (κ2) is 4.96. The summed E-state index contributed by atoms with van der Waals surface area (Å²) in [5.74, 6) is 0. The number of amides is 2. The van der Waals surface area contributed by atoms with Gasteiger partial charge in [-0.2, -0.15) is 0 Å². The maximum absolute atomic E-state index is 11.8. The Balaban J connectivity index is 1.96. The molecule has 0 saturated carbocycles. The highest BCUT2D eigenvalue weighted by molar-refractivity contribution is 6.35. The molecule has 1 saturated heterocycles. The van der Waals surface area contributed by atoms with Crippen LogP contribution in [0, 0.1) is 0 Å². The van der Waals surface area contributed by atoms with Crippen LogP contribution in [-0.4, -0.2) is 34.7 Å². The number of likely N-dealkylation sites (tertiary alicyclic amines) is 1. The van der Waals surface area contributed by atoms with E-state index >= 15 is 0 Å². The number of rotatable bonds is 2. The van der Waals surface area contributed by atoms with Gasteiger partial charge in [-0.3, -0.25) is 0 Å². The molecule has 1 fully saturated rings. The Bertz CT molecular complexity index is 453. The predicted molar refractivity (Wildman–Crippen MR) is 72.3 cm³/mol. The minimum atomic E-state index is -0.733. The van der Waals surface area contributed by atoms with Gasteiger partial charge in [0.25, 0.3) is 0 Å². The first-order chi connectivity index (χ1) is 8.42. The lowest BCUT2D eigenvalue weighted by atomic mass is 9.92. The summed E-state index contributed by atoms with van der Waals surface area (Å²) in [6.45, 7) is 2.60.